The second kappa shape index (κ2) is 7.41. The van der Waals surface area contributed by atoms with E-state index >= 15 is 0 Å². The summed E-state index contributed by atoms with van der Waals surface area (Å²) < 4.78 is 5.09. The van der Waals surface area contributed by atoms with Gasteiger partial charge in [-0.15, -0.1) is 0 Å². The highest BCUT2D eigenvalue weighted by Gasteiger charge is 2.04. The highest BCUT2D eigenvalue weighted by Crippen LogP contribution is 2.27. The Kier molecular flexibility index (Phi) is 6.16. The van der Waals surface area contributed by atoms with Gasteiger partial charge >= 0.3 is 0 Å². The Balaban J connectivity index is 2.44. The molecule has 0 heterocycles. The van der Waals surface area contributed by atoms with Crippen LogP contribution >= 0.6 is 11.6 Å². The van der Waals surface area contributed by atoms with Crippen molar-refractivity contribution < 1.29 is 4.74 Å². The van der Waals surface area contributed by atoms with E-state index < -0.39 is 0 Å². The first kappa shape index (κ1) is 14.1. The fraction of sp³-hybridized carbons (Fsp3) is 0.538. The van der Waals surface area contributed by atoms with E-state index in [1.807, 2.05) is 18.2 Å². The van der Waals surface area contributed by atoms with Crippen molar-refractivity contribution >= 4 is 17.3 Å². The normalized spacial score (nSPS) is 12.2. The van der Waals surface area contributed by atoms with Crippen molar-refractivity contribution in [2.24, 2.45) is 5.73 Å². The Labute approximate surface area is 108 Å². The summed E-state index contributed by atoms with van der Waals surface area (Å²) in [6.45, 7) is 2.94. The molecule has 96 valence electrons. The number of anilines is 1. The van der Waals surface area contributed by atoms with Crippen LogP contribution in [0.2, 0.25) is 5.02 Å². The molecule has 0 bridgehead atoms. The molecule has 0 aliphatic carbocycles. The van der Waals surface area contributed by atoms with Crippen LogP contribution in [-0.2, 0) is 0 Å². The lowest BCUT2D eigenvalue weighted by Gasteiger charge is -2.14. The maximum absolute atomic E-state index is 6.03. The number of nitrogens with one attached hydrogen (secondary N) is 1. The zero-order valence-electron chi connectivity index (χ0n) is 10.5. The molecule has 1 rings (SSSR count). The molecule has 0 saturated heterocycles. The average Bonchev–Trinajstić information content (AvgIpc) is 2.34. The van der Waals surface area contributed by atoms with E-state index in [-0.39, 0.29) is 6.04 Å². The van der Waals surface area contributed by atoms with Gasteiger partial charge in [0.25, 0.3) is 0 Å². The third-order valence-electron chi connectivity index (χ3n) is 2.65. The van der Waals surface area contributed by atoms with Crippen molar-refractivity contribution in [1.29, 1.82) is 0 Å². The van der Waals surface area contributed by atoms with Gasteiger partial charge in [-0.25, -0.2) is 0 Å². The van der Waals surface area contributed by atoms with Crippen LogP contribution in [0.5, 0.6) is 5.75 Å². The molecule has 1 unspecified atom stereocenters. The van der Waals surface area contributed by atoms with E-state index in [1.165, 1.54) is 12.8 Å². The monoisotopic (exact) mass is 256 g/mol. The molecule has 0 aliphatic rings. The van der Waals surface area contributed by atoms with Gasteiger partial charge in [0.15, 0.2) is 0 Å². The molecule has 0 amide bonds. The first-order valence-corrected chi connectivity index (χ1v) is 6.38. The Bertz CT molecular complexity index is 344. The molecule has 1 aromatic rings. The molecule has 4 heteroatoms. The van der Waals surface area contributed by atoms with Crippen molar-refractivity contribution in [2.75, 3.05) is 19.0 Å². The van der Waals surface area contributed by atoms with Crippen LogP contribution in [-0.4, -0.2) is 19.7 Å². The third kappa shape index (κ3) is 4.84. The molecule has 0 aromatic heterocycles. The predicted molar refractivity (Wildman–Crippen MR) is 74.0 cm³/mol. The molecule has 3 N–H and O–H groups in total. The summed E-state index contributed by atoms with van der Waals surface area (Å²) in [6, 6.07) is 5.84. The van der Waals surface area contributed by atoms with Gasteiger partial charge in [0, 0.05) is 18.3 Å². The van der Waals surface area contributed by atoms with Gasteiger partial charge in [0.05, 0.1) is 12.1 Å². The highest BCUT2D eigenvalue weighted by molar-refractivity contribution is 6.32. The second-order valence-corrected chi connectivity index (χ2v) is 4.54. The Morgan fingerprint density at radius 1 is 1.47 bits per heavy atom. The van der Waals surface area contributed by atoms with Crippen molar-refractivity contribution in [1.82, 2.24) is 0 Å². The minimum absolute atomic E-state index is 0.191. The molecule has 3 nitrogen and oxygen atoms in total. The highest BCUT2D eigenvalue weighted by atomic mass is 35.5. The summed E-state index contributed by atoms with van der Waals surface area (Å²) in [5, 5.41) is 3.89. The minimum Gasteiger partial charge on any atom is -0.495 e. The Hall–Kier alpha value is -0.930. The zero-order valence-corrected chi connectivity index (χ0v) is 11.3. The maximum Gasteiger partial charge on any atom is 0.137 e. The van der Waals surface area contributed by atoms with E-state index in [2.05, 4.69) is 12.2 Å². The first-order chi connectivity index (χ1) is 8.17. The number of halogens is 1. The van der Waals surface area contributed by atoms with Crippen molar-refractivity contribution in [2.45, 2.75) is 32.2 Å². The minimum atomic E-state index is 0.191. The molecule has 0 saturated carbocycles. The van der Waals surface area contributed by atoms with Crippen LogP contribution < -0.4 is 15.8 Å². The van der Waals surface area contributed by atoms with Gasteiger partial charge in [-0.1, -0.05) is 31.4 Å². The van der Waals surface area contributed by atoms with Crippen molar-refractivity contribution in [3.05, 3.63) is 23.2 Å². The lowest BCUT2D eigenvalue weighted by molar-refractivity contribution is 0.415. The van der Waals surface area contributed by atoms with Gasteiger partial charge in [-0.05, 0) is 24.6 Å². The summed E-state index contributed by atoms with van der Waals surface area (Å²) in [7, 11) is 1.61. The fourth-order valence-corrected chi connectivity index (χ4v) is 1.85. The standard InChI is InChI=1S/C13H21ClN2O/c1-3-4-5-10(15)9-16-11-6-7-13(17-2)12(14)8-11/h6-8,10,16H,3-5,9,15H2,1-2H3. The summed E-state index contributed by atoms with van der Waals surface area (Å²) in [4.78, 5) is 0. The number of methoxy groups -OCH3 is 1. The fourth-order valence-electron chi connectivity index (χ4n) is 1.59. The number of benzene rings is 1. The number of hydrogen-bond donors (Lipinski definition) is 2. The zero-order chi connectivity index (χ0) is 12.7. The van der Waals surface area contributed by atoms with E-state index in [4.69, 9.17) is 22.1 Å². The van der Waals surface area contributed by atoms with Crippen LogP contribution in [0.3, 0.4) is 0 Å². The van der Waals surface area contributed by atoms with Crippen LogP contribution in [0.1, 0.15) is 26.2 Å². The molecule has 1 atom stereocenters. The SMILES string of the molecule is CCCCC(N)CNc1ccc(OC)c(Cl)c1. The lowest BCUT2D eigenvalue weighted by atomic mass is 10.1. The van der Waals surface area contributed by atoms with E-state index in [0.29, 0.717) is 10.8 Å². The van der Waals surface area contributed by atoms with Crippen LogP contribution in [0, 0.1) is 0 Å². The van der Waals surface area contributed by atoms with Crippen LogP contribution in [0.15, 0.2) is 18.2 Å². The van der Waals surface area contributed by atoms with Crippen molar-refractivity contribution in [3.8, 4) is 5.75 Å². The lowest BCUT2D eigenvalue weighted by Crippen LogP contribution is -2.28. The van der Waals surface area contributed by atoms with Crippen LogP contribution in [0.4, 0.5) is 5.69 Å². The third-order valence-corrected chi connectivity index (χ3v) is 2.94. The molecule has 0 radical (unpaired) electrons. The maximum atomic E-state index is 6.03. The number of unbranched alkanes of at least 4 members (excludes halogenated alkanes) is 1. The smallest absolute Gasteiger partial charge is 0.137 e. The molecule has 0 fully saturated rings. The van der Waals surface area contributed by atoms with Gasteiger partial charge in [0.2, 0.25) is 0 Å². The van der Waals surface area contributed by atoms with Crippen molar-refractivity contribution in [3.63, 3.8) is 0 Å². The van der Waals surface area contributed by atoms with Gasteiger partial charge in [0.1, 0.15) is 5.75 Å². The number of nitrogens with two attached hydrogens (primary N) is 1. The van der Waals surface area contributed by atoms with E-state index in [0.717, 1.165) is 18.7 Å². The summed E-state index contributed by atoms with van der Waals surface area (Å²) in [5.41, 5.74) is 6.96. The second-order valence-electron chi connectivity index (χ2n) is 4.13. The van der Waals surface area contributed by atoms with Crippen LogP contribution in [0.25, 0.3) is 0 Å². The van der Waals surface area contributed by atoms with Gasteiger partial charge in [-0.3, -0.25) is 0 Å². The quantitative estimate of drug-likeness (QED) is 0.787. The van der Waals surface area contributed by atoms with E-state index in [9.17, 15) is 0 Å². The van der Waals surface area contributed by atoms with Gasteiger partial charge in [-0.2, -0.15) is 0 Å². The average molecular weight is 257 g/mol. The number of ether oxygens (including phenoxy) is 1. The Morgan fingerprint density at radius 2 is 2.24 bits per heavy atom. The Morgan fingerprint density at radius 3 is 2.82 bits per heavy atom. The van der Waals surface area contributed by atoms with Gasteiger partial charge < -0.3 is 15.8 Å². The molecular weight excluding hydrogens is 236 g/mol. The number of hydrogen-bond acceptors (Lipinski definition) is 3. The largest absolute Gasteiger partial charge is 0.495 e. The summed E-state index contributed by atoms with van der Waals surface area (Å²) in [6.07, 6.45) is 3.40. The summed E-state index contributed by atoms with van der Waals surface area (Å²) in [5.74, 6) is 0.687. The molecule has 1 aromatic carbocycles. The molecule has 17 heavy (non-hydrogen) atoms. The predicted octanol–water partition coefficient (Wildman–Crippen LogP) is 3.28. The topological polar surface area (TPSA) is 47.3 Å². The molecular formula is C13H21ClN2O. The summed E-state index contributed by atoms with van der Waals surface area (Å²) >= 11 is 6.03. The molecule has 0 aliphatic heterocycles. The van der Waals surface area contributed by atoms with E-state index in [1.54, 1.807) is 7.11 Å². The number of rotatable bonds is 7. The first-order valence-electron chi connectivity index (χ1n) is 6.00. The molecule has 0 spiro atoms.